The van der Waals surface area contributed by atoms with Gasteiger partial charge in [-0.05, 0) is 38.5 Å². The summed E-state index contributed by atoms with van der Waals surface area (Å²) in [5, 5.41) is 0. The molecule has 1 fully saturated rings. The maximum atomic E-state index is 2.69. The van der Waals surface area contributed by atoms with Gasteiger partial charge in [-0.3, -0.25) is 4.90 Å². The Balaban J connectivity index is 2.84. The van der Waals surface area contributed by atoms with Gasteiger partial charge < -0.3 is 0 Å². The van der Waals surface area contributed by atoms with Crippen LogP contribution in [-0.4, -0.2) is 23.0 Å². The van der Waals surface area contributed by atoms with Crippen molar-refractivity contribution in [2.75, 3.05) is 6.54 Å². The van der Waals surface area contributed by atoms with E-state index in [0.29, 0.717) is 11.0 Å². The normalized spacial score (nSPS) is 31.1. The average Bonchev–Trinajstić information content (AvgIpc) is 2.27. The number of nitrogens with zero attached hydrogens (tertiary/aromatic N) is 1. The van der Waals surface area contributed by atoms with Gasteiger partial charge in [-0.2, -0.15) is 0 Å². The third kappa shape index (κ3) is 2.50. The Labute approximate surface area is 89.9 Å². The van der Waals surface area contributed by atoms with Crippen LogP contribution in [0.1, 0.15) is 54.9 Å². The molecule has 0 aliphatic carbocycles. The van der Waals surface area contributed by atoms with Crippen LogP contribution in [0.2, 0.25) is 0 Å². The number of hydrogen-bond acceptors (Lipinski definition) is 1. The molecule has 0 spiro atoms. The summed E-state index contributed by atoms with van der Waals surface area (Å²) in [5.74, 6) is 0.860. The highest BCUT2D eigenvalue weighted by molar-refractivity contribution is 4.96. The fraction of sp³-hybridized carbons (Fsp3) is 1.00. The van der Waals surface area contributed by atoms with Crippen LogP contribution in [-0.2, 0) is 0 Å². The lowest BCUT2D eigenvalue weighted by molar-refractivity contribution is 0.0576. The third-order valence-electron chi connectivity index (χ3n) is 3.37. The van der Waals surface area contributed by atoms with Gasteiger partial charge in [-0.1, -0.05) is 27.7 Å². The van der Waals surface area contributed by atoms with Crippen LogP contribution in [0, 0.1) is 11.3 Å². The van der Waals surface area contributed by atoms with Gasteiger partial charge >= 0.3 is 0 Å². The van der Waals surface area contributed by atoms with Crippen molar-refractivity contribution in [3.8, 4) is 0 Å². The average molecular weight is 197 g/mol. The van der Waals surface area contributed by atoms with Gasteiger partial charge in [0, 0.05) is 18.1 Å². The first-order valence-electron chi connectivity index (χ1n) is 5.89. The highest BCUT2D eigenvalue weighted by atomic mass is 15.2. The topological polar surface area (TPSA) is 3.24 Å². The first kappa shape index (κ1) is 12.0. The van der Waals surface area contributed by atoms with Crippen molar-refractivity contribution in [2.24, 2.45) is 11.3 Å². The van der Waals surface area contributed by atoms with Gasteiger partial charge in [0.1, 0.15) is 0 Å². The first-order valence-corrected chi connectivity index (χ1v) is 5.89. The number of rotatable bonds is 0. The second kappa shape index (κ2) is 3.52. The summed E-state index contributed by atoms with van der Waals surface area (Å²) < 4.78 is 0. The van der Waals surface area contributed by atoms with Crippen LogP contribution in [0.25, 0.3) is 0 Å². The van der Waals surface area contributed by atoms with E-state index in [9.17, 15) is 0 Å². The monoisotopic (exact) mass is 197 g/mol. The lowest BCUT2D eigenvalue weighted by Crippen LogP contribution is -2.49. The van der Waals surface area contributed by atoms with E-state index in [4.69, 9.17) is 0 Å². The Hall–Kier alpha value is -0.0400. The molecule has 1 rings (SSSR count). The molecule has 0 saturated carbocycles. The molecule has 1 aliphatic rings. The summed E-state index contributed by atoms with van der Waals surface area (Å²) in [7, 11) is 0. The van der Waals surface area contributed by atoms with Gasteiger partial charge in [0.2, 0.25) is 0 Å². The molecule has 0 aromatic rings. The molecular weight excluding hydrogens is 170 g/mol. The molecule has 1 heterocycles. The van der Waals surface area contributed by atoms with Gasteiger partial charge in [-0.25, -0.2) is 0 Å². The molecule has 1 heteroatoms. The maximum absolute atomic E-state index is 2.69. The van der Waals surface area contributed by atoms with E-state index in [1.54, 1.807) is 0 Å². The molecule has 1 nitrogen and oxygen atoms in total. The minimum Gasteiger partial charge on any atom is -0.295 e. The summed E-state index contributed by atoms with van der Waals surface area (Å²) >= 11 is 0. The molecule has 1 unspecified atom stereocenters. The predicted molar refractivity (Wildman–Crippen MR) is 63.5 cm³/mol. The molecule has 0 radical (unpaired) electrons. The van der Waals surface area contributed by atoms with E-state index in [-0.39, 0.29) is 0 Å². The molecule has 2 atom stereocenters. The highest BCUT2D eigenvalue weighted by Crippen LogP contribution is 2.39. The van der Waals surface area contributed by atoms with Crippen LogP contribution in [0.4, 0.5) is 0 Å². The zero-order valence-electron chi connectivity index (χ0n) is 11.0. The summed E-state index contributed by atoms with van der Waals surface area (Å²) in [6.45, 7) is 17.8. The molecule has 0 N–H and O–H groups in total. The standard InChI is InChI=1S/C13H27N/c1-10-8-11(12(2,3)4)14(9-10)13(5,6)7/h10-11H,8-9H2,1-7H3/t10?,11-/m0/s1. The quantitative estimate of drug-likeness (QED) is 0.574. The van der Waals surface area contributed by atoms with Crippen molar-refractivity contribution in [2.45, 2.75) is 66.5 Å². The fourth-order valence-electron chi connectivity index (χ4n) is 2.61. The first-order chi connectivity index (χ1) is 6.12. The van der Waals surface area contributed by atoms with Crippen molar-refractivity contribution in [3.63, 3.8) is 0 Å². The summed E-state index contributed by atoms with van der Waals surface area (Å²) in [5.41, 5.74) is 0.737. The maximum Gasteiger partial charge on any atom is 0.0152 e. The minimum atomic E-state index is 0.322. The molecule has 0 bridgehead atoms. The van der Waals surface area contributed by atoms with Crippen molar-refractivity contribution >= 4 is 0 Å². The van der Waals surface area contributed by atoms with Gasteiger partial charge in [0.05, 0.1) is 0 Å². The molecule has 0 aromatic heterocycles. The second-order valence-electron chi connectivity index (χ2n) is 7.05. The Bertz CT molecular complexity index is 172. The second-order valence-corrected chi connectivity index (χ2v) is 7.05. The third-order valence-corrected chi connectivity index (χ3v) is 3.37. The summed E-state index contributed by atoms with van der Waals surface area (Å²) in [6, 6.07) is 0.748. The Morgan fingerprint density at radius 1 is 1.00 bits per heavy atom. The Morgan fingerprint density at radius 2 is 1.50 bits per heavy atom. The zero-order chi connectivity index (χ0) is 11.1. The van der Waals surface area contributed by atoms with Gasteiger partial charge in [0.25, 0.3) is 0 Å². The lowest BCUT2D eigenvalue weighted by Gasteiger charge is -2.43. The Morgan fingerprint density at radius 3 is 1.79 bits per heavy atom. The summed E-state index contributed by atoms with van der Waals surface area (Å²) in [6.07, 6.45) is 1.36. The Kier molecular flexibility index (Phi) is 3.02. The van der Waals surface area contributed by atoms with Crippen molar-refractivity contribution in [1.29, 1.82) is 0 Å². The summed E-state index contributed by atoms with van der Waals surface area (Å²) in [4.78, 5) is 2.69. The zero-order valence-corrected chi connectivity index (χ0v) is 11.0. The molecule has 1 aliphatic heterocycles. The predicted octanol–water partition coefficient (Wildman–Crippen LogP) is 3.54. The van der Waals surface area contributed by atoms with Crippen LogP contribution >= 0.6 is 0 Å². The van der Waals surface area contributed by atoms with E-state index >= 15 is 0 Å². The van der Waals surface area contributed by atoms with Crippen molar-refractivity contribution in [1.82, 2.24) is 4.90 Å². The van der Waals surface area contributed by atoms with Crippen LogP contribution in [0.3, 0.4) is 0 Å². The highest BCUT2D eigenvalue weighted by Gasteiger charge is 2.41. The van der Waals surface area contributed by atoms with Crippen LogP contribution in [0.5, 0.6) is 0 Å². The van der Waals surface area contributed by atoms with Crippen LogP contribution in [0.15, 0.2) is 0 Å². The fourth-order valence-corrected chi connectivity index (χ4v) is 2.61. The lowest BCUT2D eigenvalue weighted by atomic mass is 9.83. The van der Waals surface area contributed by atoms with E-state index in [1.165, 1.54) is 13.0 Å². The van der Waals surface area contributed by atoms with Crippen molar-refractivity contribution in [3.05, 3.63) is 0 Å². The molecule has 84 valence electrons. The van der Waals surface area contributed by atoms with E-state index in [2.05, 4.69) is 53.4 Å². The van der Waals surface area contributed by atoms with E-state index in [1.807, 2.05) is 0 Å². The SMILES string of the molecule is CC1C[C@@H](C(C)(C)C)N(C(C)(C)C)C1. The smallest absolute Gasteiger partial charge is 0.0152 e. The van der Waals surface area contributed by atoms with Crippen molar-refractivity contribution < 1.29 is 0 Å². The minimum absolute atomic E-state index is 0.322. The molecule has 0 amide bonds. The van der Waals surface area contributed by atoms with E-state index < -0.39 is 0 Å². The molecule has 0 aromatic carbocycles. The van der Waals surface area contributed by atoms with Gasteiger partial charge in [0.15, 0.2) is 0 Å². The molecule has 1 saturated heterocycles. The largest absolute Gasteiger partial charge is 0.295 e. The van der Waals surface area contributed by atoms with Crippen LogP contribution < -0.4 is 0 Å². The van der Waals surface area contributed by atoms with E-state index in [0.717, 1.165) is 12.0 Å². The van der Waals surface area contributed by atoms with Gasteiger partial charge in [-0.15, -0.1) is 0 Å². The number of hydrogen-bond donors (Lipinski definition) is 0. The molecule has 14 heavy (non-hydrogen) atoms. The number of likely N-dealkylation sites (tertiary alicyclic amines) is 1. The molecular formula is C13H27N.